The zero-order valence-electron chi connectivity index (χ0n) is 7.78. The second-order valence-electron chi connectivity index (χ2n) is 2.72. The molecular weight excluding hydrogens is 301 g/mol. The van der Waals surface area contributed by atoms with E-state index in [0.29, 0.717) is 6.07 Å². The van der Waals surface area contributed by atoms with Crippen LogP contribution in [0.5, 0.6) is 5.88 Å². The van der Waals surface area contributed by atoms with Gasteiger partial charge in [-0.15, -0.1) is 0 Å². The molecule has 2 nitrogen and oxygen atoms in total. The number of nitrogens with zero attached hydrogens (tertiary/aromatic N) is 1. The first-order chi connectivity index (χ1) is 7.27. The largest absolute Gasteiger partial charge is 0.481 e. The standard InChI is InChI=1S/C8H5BrF5NO/c1-16-7-4(8(12,13)14)2-3(6(10)11)5(9)15-7/h2,6H,1H3. The van der Waals surface area contributed by atoms with E-state index in [4.69, 9.17) is 0 Å². The van der Waals surface area contributed by atoms with Gasteiger partial charge in [0.2, 0.25) is 5.88 Å². The Hall–Kier alpha value is -0.920. The molecule has 0 bridgehead atoms. The third-order valence-corrected chi connectivity index (χ3v) is 2.34. The van der Waals surface area contributed by atoms with Crippen LogP contribution in [0.25, 0.3) is 0 Å². The molecule has 0 N–H and O–H groups in total. The molecule has 0 amide bonds. The van der Waals surface area contributed by atoms with Gasteiger partial charge < -0.3 is 4.74 Å². The van der Waals surface area contributed by atoms with E-state index in [1.54, 1.807) is 0 Å². The van der Waals surface area contributed by atoms with Crippen molar-refractivity contribution in [2.24, 2.45) is 0 Å². The second-order valence-corrected chi connectivity index (χ2v) is 3.47. The maximum absolute atomic E-state index is 12.4. The summed E-state index contributed by atoms with van der Waals surface area (Å²) in [5.74, 6) is -0.747. The van der Waals surface area contributed by atoms with Crippen molar-refractivity contribution in [2.75, 3.05) is 7.11 Å². The third-order valence-electron chi connectivity index (χ3n) is 1.70. The van der Waals surface area contributed by atoms with Crippen molar-refractivity contribution in [3.05, 3.63) is 21.8 Å². The van der Waals surface area contributed by atoms with Crippen molar-refractivity contribution in [1.29, 1.82) is 0 Å². The molecule has 90 valence electrons. The molecule has 0 saturated heterocycles. The van der Waals surface area contributed by atoms with Gasteiger partial charge in [-0.2, -0.15) is 13.2 Å². The number of hydrogen-bond donors (Lipinski definition) is 0. The highest BCUT2D eigenvalue weighted by atomic mass is 79.9. The molecule has 1 heterocycles. The number of alkyl halides is 5. The zero-order chi connectivity index (χ0) is 12.5. The minimum absolute atomic E-state index is 0.320. The summed E-state index contributed by atoms with van der Waals surface area (Å²) in [4.78, 5) is 3.27. The summed E-state index contributed by atoms with van der Waals surface area (Å²) in [5, 5.41) is 0. The molecule has 1 aromatic rings. The van der Waals surface area contributed by atoms with Gasteiger partial charge in [0.05, 0.1) is 12.7 Å². The maximum atomic E-state index is 12.4. The number of aromatic nitrogens is 1. The van der Waals surface area contributed by atoms with Crippen LogP contribution in [0.4, 0.5) is 22.0 Å². The topological polar surface area (TPSA) is 22.1 Å². The first-order valence-electron chi connectivity index (χ1n) is 3.87. The summed E-state index contributed by atoms with van der Waals surface area (Å²) in [5.41, 5.74) is -2.15. The number of methoxy groups -OCH3 is 1. The smallest absolute Gasteiger partial charge is 0.421 e. The molecule has 0 unspecified atom stereocenters. The number of halogens is 6. The molecule has 0 fully saturated rings. The molecule has 0 saturated carbocycles. The SMILES string of the molecule is COc1nc(Br)c(C(F)F)cc1C(F)(F)F. The summed E-state index contributed by atoms with van der Waals surface area (Å²) in [6.07, 6.45) is -7.84. The van der Waals surface area contributed by atoms with Crippen molar-refractivity contribution in [1.82, 2.24) is 4.98 Å². The zero-order valence-corrected chi connectivity index (χ0v) is 9.36. The van der Waals surface area contributed by atoms with Gasteiger partial charge in [0.1, 0.15) is 10.2 Å². The van der Waals surface area contributed by atoms with Crippen molar-refractivity contribution in [2.45, 2.75) is 12.6 Å². The minimum atomic E-state index is -4.79. The highest BCUT2D eigenvalue weighted by molar-refractivity contribution is 9.10. The van der Waals surface area contributed by atoms with Crippen LogP contribution in [0.1, 0.15) is 17.6 Å². The van der Waals surface area contributed by atoms with Crippen LogP contribution in [0.15, 0.2) is 10.7 Å². The van der Waals surface area contributed by atoms with Gasteiger partial charge in [0.15, 0.2) is 0 Å². The Labute approximate surface area is 95.6 Å². The molecule has 16 heavy (non-hydrogen) atoms. The summed E-state index contributed by atoms with van der Waals surface area (Å²) in [6, 6.07) is 0.320. The third kappa shape index (κ3) is 2.60. The fourth-order valence-electron chi connectivity index (χ4n) is 1.00. The van der Waals surface area contributed by atoms with Crippen LogP contribution in [-0.2, 0) is 6.18 Å². The van der Waals surface area contributed by atoms with Crippen LogP contribution < -0.4 is 4.74 Å². The number of rotatable bonds is 2. The molecule has 0 aliphatic carbocycles. The summed E-state index contributed by atoms with van der Waals surface area (Å²) < 4.78 is 66.0. The molecule has 0 aromatic carbocycles. The minimum Gasteiger partial charge on any atom is -0.481 e. The summed E-state index contributed by atoms with van der Waals surface area (Å²) in [6.45, 7) is 0. The molecule has 0 aliphatic heterocycles. The van der Waals surface area contributed by atoms with Crippen molar-refractivity contribution < 1.29 is 26.7 Å². The number of hydrogen-bond acceptors (Lipinski definition) is 2. The lowest BCUT2D eigenvalue weighted by Crippen LogP contribution is -2.10. The predicted molar refractivity (Wildman–Crippen MR) is 48.4 cm³/mol. The van der Waals surface area contributed by atoms with E-state index in [9.17, 15) is 22.0 Å². The van der Waals surface area contributed by atoms with Crippen molar-refractivity contribution in [3.8, 4) is 5.88 Å². The van der Waals surface area contributed by atoms with Crippen molar-refractivity contribution in [3.63, 3.8) is 0 Å². The Morgan fingerprint density at radius 3 is 2.31 bits per heavy atom. The van der Waals surface area contributed by atoms with E-state index in [0.717, 1.165) is 7.11 Å². The normalized spacial score (nSPS) is 12.0. The molecule has 0 atom stereocenters. The Morgan fingerprint density at radius 2 is 1.94 bits per heavy atom. The number of pyridine rings is 1. The van der Waals surface area contributed by atoms with Crippen LogP contribution in [0.3, 0.4) is 0 Å². The van der Waals surface area contributed by atoms with Gasteiger partial charge in [-0.25, -0.2) is 13.8 Å². The van der Waals surface area contributed by atoms with Crippen LogP contribution in [0, 0.1) is 0 Å². The van der Waals surface area contributed by atoms with Crippen LogP contribution in [-0.4, -0.2) is 12.1 Å². The molecule has 0 radical (unpaired) electrons. The Morgan fingerprint density at radius 1 is 1.38 bits per heavy atom. The Bertz CT molecular complexity index is 393. The van der Waals surface area contributed by atoms with E-state index in [-0.39, 0.29) is 4.60 Å². The Kier molecular flexibility index (Phi) is 3.72. The second kappa shape index (κ2) is 4.52. The van der Waals surface area contributed by atoms with Crippen LogP contribution in [0.2, 0.25) is 0 Å². The summed E-state index contributed by atoms with van der Waals surface area (Å²) in [7, 11) is 0.978. The summed E-state index contributed by atoms with van der Waals surface area (Å²) >= 11 is 2.65. The van der Waals surface area contributed by atoms with E-state index in [1.807, 2.05) is 0 Å². The Balaban J connectivity index is 3.41. The van der Waals surface area contributed by atoms with E-state index < -0.39 is 29.6 Å². The molecule has 1 aromatic heterocycles. The average molecular weight is 306 g/mol. The molecule has 0 aliphatic rings. The molecular formula is C8H5BrF5NO. The lowest BCUT2D eigenvalue weighted by molar-refractivity contribution is -0.139. The predicted octanol–water partition coefficient (Wildman–Crippen LogP) is 3.81. The molecule has 8 heteroatoms. The highest BCUT2D eigenvalue weighted by Gasteiger charge is 2.37. The number of ether oxygens (including phenoxy) is 1. The van der Waals surface area contributed by atoms with E-state index in [2.05, 4.69) is 25.7 Å². The first-order valence-corrected chi connectivity index (χ1v) is 4.66. The molecule has 0 spiro atoms. The van der Waals surface area contributed by atoms with Gasteiger partial charge in [-0.1, -0.05) is 0 Å². The van der Waals surface area contributed by atoms with Gasteiger partial charge in [-0.3, -0.25) is 0 Å². The quantitative estimate of drug-likeness (QED) is 0.612. The first kappa shape index (κ1) is 13.1. The maximum Gasteiger partial charge on any atom is 0.421 e. The lowest BCUT2D eigenvalue weighted by atomic mass is 10.2. The van der Waals surface area contributed by atoms with E-state index in [1.165, 1.54) is 0 Å². The van der Waals surface area contributed by atoms with Crippen molar-refractivity contribution >= 4 is 15.9 Å². The van der Waals surface area contributed by atoms with Gasteiger partial charge in [-0.05, 0) is 22.0 Å². The fourth-order valence-corrected chi connectivity index (χ4v) is 1.45. The average Bonchev–Trinajstić information content (AvgIpc) is 2.14. The van der Waals surface area contributed by atoms with Gasteiger partial charge in [0.25, 0.3) is 6.43 Å². The fraction of sp³-hybridized carbons (Fsp3) is 0.375. The monoisotopic (exact) mass is 305 g/mol. The van der Waals surface area contributed by atoms with Gasteiger partial charge in [0, 0.05) is 0 Å². The van der Waals surface area contributed by atoms with Crippen LogP contribution >= 0.6 is 15.9 Å². The lowest BCUT2D eigenvalue weighted by Gasteiger charge is -2.13. The van der Waals surface area contributed by atoms with E-state index >= 15 is 0 Å². The van der Waals surface area contributed by atoms with Gasteiger partial charge >= 0.3 is 6.18 Å². The molecule has 1 rings (SSSR count). The highest BCUT2D eigenvalue weighted by Crippen LogP contribution is 2.39.